The molecule has 1 aromatic rings. The molecular formula is C11H11N. The Kier molecular flexibility index (Phi) is 1.73. The van der Waals surface area contributed by atoms with Gasteiger partial charge < -0.3 is 5.32 Å². The minimum atomic E-state index is 0.987. The maximum Gasteiger partial charge on any atom is 0.0623 e. The fraction of sp³-hybridized carbons (Fsp3) is 0.182. The molecule has 0 saturated heterocycles. The van der Waals surface area contributed by atoms with Gasteiger partial charge in [-0.3, -0.25) is 0 Å². The molecule has 1 nitrogen and oxygen atoms in total. The first-order valence-corrected chi connectivity index (χ1v) is 4.15. The van der Waals surface area contributed by atoms with Crippen LogP contribution in [-0.4, -0.2) is 0 Å². The summed E-state index contributed by atoms with van der Waals surface area (Å²) in [4.78, 5) is 0. The van der Waals surface area contributed by atoms with Crippen LogP contribution in [0.15, 0.2) is 41.8 Å². The minimum Gasteiger partial charge on any atom is -0.352 e. The maximum atomic E-state index is 3.31. The van der Waals surface area contributed by atoms with Crippen LogP contribution < -0.4 is 5.32 Å². The van der Waals surface area contributed by atoms with E-state index in [9.17, 15) is 0 Å². The number of hydrogen-bond acceptors (Lipinski definition) is 1. The molecule has 1 heterocycles. The first kappa shape index (κ1) is 7.20. The predicted molar refractivity (Wildman–Crippen MR) is 51.0 cm³/mol. The topological polar surface area (TPSA) is 12.0 Å². The molecular weight excluding hydrogens is 146 g/mol. The van der Waals surface area contributed by atoms with Crippen molar-refractivity contribution in [1.29, 1.82) is 0 Å². The molecule has 0 bridgehead atoms. The fourth-order valence-electron chi connectivity index (χ4n) is 1.45. The summed E-state index contributed by atoms with van der Waals surface area (Å²) in [5.41, 5.74) is 6.92. The molecule has 1 aliphatic rings. The van der Waals surface area contributed by atoms with Crippen LogP contribution >= 0.6 is 0 Å². The lowest BCUT2D eigenvalue weighted by atomic mass is 10.1. The zero-order valence-corrected chi connectivity index (χ0v) is 7.09. The highest BCUT2D eigenvalue weighted by molar-refractivity contribution is 5.61. The van der Waals surface area contributed by atoms with Crippen molar-refractivity contribution >= 4 is 5.69 Å². The lowest BCUT2D eigenvalue weighted by molar-refractivity contribution is 1.25. The number of allylic oxidation sites excluding steroid dienone is 1. The molecule has 0 spiro atoms. The Labute approximate surface area is 72.4 Å². The monoisotopic (exact) mass is 157 g/mol. The Morgan fingerprint density at radius 1 is 1.42 bits per heavy atom. The van der Waals surface area contributed by atoms with Crippen LogP contribution in [0.1, 0.15) is 12.5 Å². The number of benzene rings is 1. The van der Waals surface area contributed by atoms with Crippen molar-refractivity contribution in [2.24, 2.45) is 0 Å². The summed E-state index contributed by atoms with van der Waals surface area (Å²) in [7, 11) is 0. The van der Waals surface area contributed by atoms with Crippen molar-refractivity contribution in [3.63, 3.8) is 0 Å². The molecule has 0 aliphatic carbocycles. The van der Waals surface area contributed by atoms with Gasteiger partial charge in [-0.25, -0.2) is 0 Å². The average molecular weight is 157 g/mol. The van der Waals surface area contributed by atoms with E-state index in [4.69, 9.17) is 0 Å². The third-order valence-electron chi connectivity index (χ3n) is 1.99. The van der Waals surface area contributed by atoms with Crippen LogP contribution in [0.4, 0.5) is 5.69 Å². The highest BCUT2D eigenvalue weighted by Gasteiger charge is 2.11. The van der Waals surface area contributed by atoms with Gasteiger partial charge in [0.15, 0.2) is 0 Å². The number of anilines is 1. The molecule has 0 fully saturated rings. The number of rotatable bonds is 0. The summed E-state index contributed by atoms with van der Waals surface area (Å²) >= 11 is 0. The summed E-state index contributed by atoms with van der Waals surface area (Å²) in [5.74, 6) is 0. The van der Waals surface area contributed by atoms with Crippen molar-refractivity contribution in [3.8, 4) is 0 Å². The van der Waals surface area contributed by atoms with Gasteiger partial charge >= 0.3 is 0 Å². The molecule has 0 amide bonds. The summed E-state index contributed by atoms with van der Waals surface area (Å²) in [6, 6.07) is 8.36. The molecule has 1 aromatic carbocycles. The van der Waals surface area contributed by atoms with Crippen LogP contribution in [-0.2, 0) is 6.42 Å². The van der Waals surface area contributed by atoms with Crippen molar-refractivity contribution < 1.29 is 0 Å². The van der Waals surface area contributed by atoms with Gasteiger partial charge in [0, 0.05) is 12.1 Å². The zero-order chi connectivity index (χ0) is 8.39. The molecule has 1 aliphatic heterocycles. The molecule has 0 saturated carbocycles. The van der Waals surface area contributed by atoms with Crippen molar-refractivity contribution in [2.75, 3.05) is 5.32 Å². The molecule has 2 rings (SSSR count). The summed E-state index contributed by atoms with van der Waals surface area (Å²) in [6.07, 6.45) is 2.93. The lowest BCUT2D eigenvalue weighted by Gasteiger charge is -1.95. The van der Waals surface area contributed by atoms with E-state index in [1.165, 1.54) is 16.9 Å². The first-order chi connectivity index (χ1) is 5.90. The molecule has 0 aromatic heterocycles. The Balaban J connectivity index is 2.40. The first-order valence-electron chi connectivity index (χ1n) is 4.15. The molecule has 1 heteroatoms. The van der Waals surface area contributed by atoms with Crippen LogP contribution in [0.25, 0.3) is 0 Å². The van der Waals surface area contributed by atoms with E-state index in [-0.39, 0.29) is 0 Å². The molecule has 0 unspecified atom stereocenters. The van der Waals surface area contributed by atoms with E-state index >= 15 is 0 Å². The summed E-state index contributed by atoms with van der Waals surface area (Å²) in [6.45, 7) is 1.98. The van der Waals surface area contributed by atoms with Crippen LogP contribution in [0.5, 0.6) is 0 Å². The van der Waals surface area contributed by atoms with Gasteiger partial charge in [-0.1, -0.05) is 18.2 Å². The maximum absolute atomic E-state index is 3.31. The van der Waals surface area contributed by atoms with Crippen LogP contribution in [0.3, 0.4) is 0 Å². The Morgan fingerprint density at radius 2 is 2.25 bits per heavy atom. The second kappa shape index (κ2) is 2.88. The second-order valence-corrected chi connectivity index (χ2v) is 2.87. The van der Waals surface area contributed by atoms with Gasteiger partial charge in [0.2, 0.25) is 0 Å². The quantitative estimate of drug-likeness (QED) is 0.571. The van der Waals surface area contributed by atoms with Gasteiger partial charge in [-0.05, 0) is 24.6 Å². The smallest absolute Gasteiger partial charge is 0.0623 e. The normalized spacial score (nSPS) is 13.2. The predicted octanol–water partition coefficient (Wildman–Crippen LogP) is 2.71. The zero-order valence-electron chi connectivity index (χ0n) is 7.09. The number of para-hydroxylation sites is 1. The van der Waals surface area contributed by atoms with E-state index in [1.807, 2.05) is 19.1 Å². The third kappa shape index (κ3) is 1.15. The van der Waals surface area contributed by atoms with Crippen LogP contribution in [0.2, 0.25) is 0 Å². The third-order valence-corrected chi connectivity index (χ3v) is 1.99. The Bertz CT molecular complexity index is 330. The Morgan fingerprint density at radius 3 is 3.00 bits per heavy atom. The van der Waals surface area contributed by atoms with Crippen molar-refractivity contribution in [1.82, 2.24) is 0 Å². The summed E-state index contributed by atoms with van der Waals surface area (Å²) in [5, 5.41) is 3.31. The standard InChI is InChI=1S/C11H11N/c1-2-5-10-8-9-6-3-4-7-11(9)12-10/h2-4,6-7,12H,8H2,1H3. The minimum absolute atomic E-state index is 0.987. The average Bonchev–Trinajstić information content (AvgIpc) is 2.47. The molecule has 1 N–H and O–H groups in total. The molecule has 0 radical (unpaired) electrons. The number of fused-ring (bicyclic) bond motifs is 1. The SMILES string of the molecule is CC=C=C1Cc2ccccc2N1. The molecule has 60 valence electrons. The van der Waals surface area contributed by atoms with E-state index in [0.29, 0.717) is 0 Å². The summed E-state index contributed by atoms with van der Waals surface area (Å²) < 4.78 is 0. The van der Waals surface area contributed by atoms with E-state index < -0.39 is 0 Å². The van der Waals surface area contributed by atoms with E-state index in [0.717, 1.165) is 6.42 Å². The van der Waals surface area contributed by atoms with Gasteiger partial charge in [0.05, 0.1) is 5.70 Å². The van der Waals surface area contributed by atoms with Crippen LogP contribution in [0, 0.1) is 0 Å². The van der Waals surface area contributed by atoms with Gasteiger partial charge in [-0.15, -0.1) is 5.73 Å². The number of hydrogen-bond donors (Lipinski definition) is 1. The fourth-order valence-corrected chi connectivity index (χ4v) is 1.45. The second-order valence-electron chi connectivity index (χ2n) is 2.87. The molecule has 12 heavy (non-hydrogen) atoms. The van der Waals surface area contributed by atoms with Gasteiger partial charge in [0.25, 0.3) is 0 Å². The van der Waals surface area contributed by atoms with E-state index in [1.54, 1.807) is 0 Å². The largest absolute Gasteiger partial charge is 0.352 e. The molecule has 0 atom stereocenters. The van der Waals surface area contributed by atoms with Gasteiger partial charge in [0.1, 0.15) is 0 Å². The van der Waals surface area contributed by atoms with Crippen molar-refractivity contribution in [3.05, 3.63) is 47.3 Å². The number of nitrogens with one attached hydrogen (secondary N) is 1. The van der Waals surface area contributed by atoms with Crippen molar-refractivity contribution in [2.45, 2.75) is 13.3 Å². The highest BCUT2D eigenvalue weighted by atomic mass is 14.9. The highest BCUT2D eigenvalue weighted by Crippen LogP contribution is 2.26. The van der Waals surface area contributed by atoms with E-state index in [2.05, 4.69) is 29.2 Å². The van der Waals surface area contributed by atoms with Gasteiger partial charge in [-0.2, -0.15) is 0 Å². The lowest BCUT2D eigenvalue weighted by Crippen LogP contribution is -1.88. The Hall–Kier alpha value is -1.46.